The number of anilines is 1. The molecule has 7 rings (SSSR count). The van der Waals surface area contributed by atoms with Gasteiger partial charge in [-0.1, -0.05) is 23.2 Å². The van der Waals surface area contributed by atoms with Gasteiger partial charge in [0.05, 0.1) is 20.8 Å². The Labute approximate surface area is 254 Å². The van der Waals surface area contributed by atoms with Crippen LogP contribution in [-0.2, 0) is 10.0 Å². The molecule has 220 valence electrons. The van der Waals surface area contributed by atoms with Gasteiger partial charge in [0.15, 0.2) is 0 Å². The van der Waals surface area contributed by atoms with Crippen molar-refractivity contribution < 1.29 is 13.2 Å². The molecule has 0 aliphatic carbocycles. The van der Waals surface area contributed by atoms with Gasteiger partial charge in [0.2, 0.25) is 10.0 Å². The monoisotopic (exact) mass is 627 g/mol. The zero-order valence-electron chi connectivity index (χ0n) is 23.1. The topological polar surface area (TPSA) is 116 Å². The number of piperidine rings is 1. The number of H-pyrrole nitrogens is 1. The molecule has 0 bridgehead atoms. The van der Waals surface area contributed by atoms with Gasteiger partial charge < -0.3 is 15.0 Å². The highest BCUT2D eigenvalue weighted by Gasteiger charge is 2.56. The standard InChI is InChI=1S/C29H31Cl2N7O3S/c1-18(27-23(30)12-33-13-24(27)31)41-20-3-4-25-22(10-20)28(36-35-25)19-2-5-26(34-11-19)37-14-29(15-37)16-38(17-29)42(39,40)21-6-8-32-9-7-21/h2-5,10-13,18,21,32H,6-9,14-17H2,1H3,(H,35,36)/t18-/m1/s1. The Morgan fingerprint density at radius 2 is 1.76 bits per heavy atom. The van der Waals surface area contributed by atoms with Crippen molar-refractivity contribution in [1.82, 2.24) is 29.8 Å². The molecule has 42 heavy (non-hydrogen) atoms. The summed E-state index contributed by atoms with van der Waals surface area (Å²) in [6.45, 7) is 6.28. The quantitative estimate of drug-likeness (QED) is 0.304. The molecule has 3 aliphatic heterocycles. The molecule has 3 fully saturated rings. The highest BCUT2D eigenvalue weighted by atomic mass is 35.5. The summed E-state index contributed by atoms with van der Waals surface area (Å²) >= 11 is 12.6. The van der Waals surface area contributed by atoms with Crippen LogP contribution in [0.3, 0.4) is 0 Å². The van der Waals surface area contributed by atoms with Crippen LogP contribution in [0.2, 0.25) is 10.0 Å². The fourth-order valence-corrected chi connectivity index (χ4v) is 9.22. The van der Waals surface area contributed by atoms with Gasteiger partial charge in [-0.2, -0.15) is 5.10 Å². The summed E-state index contributed by atoms with van der Waals surface area (Å²) in [4.78, 5) is 11.0. The molecule has 1 atom stereocenters. The van der Waals surface area contributed by atoms with Crippen molar-refractivity contribution in [2.75, 3.05) is 44.2 Å². The minimum Gasteiger partial charge on any atom is -0.486 e. The van der Waals surface area contributed by atoms with Crippen LogP contribution in [0, 0.1) is 5.41 Å². The summed E-state index contributed by atoms with van der Waals surface area (Å²) in [6.07, 6.45) is 5.95. The van der Waals surface area contributed by atoms with Crippen molar-refractivity contribution in [3.63, 3.8) is 0 Å². The maximum atomic E-state index is 13.0. The van der Waals surface area contributed by atoms with Crippen molar-refractivity contribution >= 4 is 49.9 Å². The minimum absolute atomic E-state index is 0.0387. The first-order chi connectivity index (χ1) is 20.2. The Kier molecular flexibility index (Phi) is 7.05. The molecule has 1 aromatic carbocycles. The molecule has 0 radical (unpaired) electrons. The molecular formula is C29H31Cl2N7O3S. The summed E-state index contributed by atoms with van der Waals surface area (Å²) < 4.78 is 33.9. The van der Waals surface area contributed by atoms with Crippen molar-refractivity contribution in [2.45, 2.75) is 31.1 Å². The molecule has 10 nitrogen and oxygen atoms in total. The number of aromatic nitrogens is 4. The van der Waals surface area contributed by atoms with Crippen LogP contribution in [0.4, 0.5) is 5.82 Å². The lowest BCUT2D eigenvalue weighted by Gasteiger charge is -2.60. The van der Waals surface area contributed by atoms with Crippen molar-refractivity contribution in [3.8, 4) is 17.0 Å². The van der Waals surface area contributed by atoms with Gasteiger partial charge in [-0.3, -0.25) is 10.1 Å². The van der Waals surface area contributed by atoms with Gasteiger partial charge in [0.25, 0.3) is 0 Å². The first kappa shape index (κ1) is 27.8. The smallest absolute Gasteiger partial charge is 0.217 e. The summed E-state index contributed by atoms with van der Waals surface area (Å²) in [5, 5.41) is 12.5. The molecule has 0 amide bonds. The number of sulfonamides is 1. The number of nitrogens with one attached hydrogen (secondary N) is 2. The van der Waals surface area contributed by atoms with Crippen molar-refractivity contribution in [3.05, 3.63) is 64.5 Å². The summed E-state index contributed by atoms with van der Waals surface area (Å²) in [7, 11) is -3.21. The van der Waals surface area contributed by atoms with E-state index in [4.69, 9.17) is 32.9 Å². The molecule has 0 saturated carbocycles. The third-order valence-electron chi connectivity index (χ3n) is 8.63. The first-order valence-corrected chi connectivity index (χ1v) is 16.3. The molecule has 1 spiro atoms. The number of hydrogen-bond donors (Lipinski definition) is 2. The Morgan fingerprint density at radius 1 is 1.02 bits per heavy atom. The van der Waals surface area contributed by atoms with E-state index in [-0.39, 0.29) is 16.8 Å². The van der Waals surface area contributed by atoms with E-state index in [0.29, 0.717) is 47.3 Å². The van der Waals surface area contributed by atoms with Crippen LogP contribution >= 0.6 is 23.2 Å². The van der Waals surface area contributed by atoms with Crippen molar-refractivity contribution in [1.29, 1.82) is 0 Å². The number of halogens is 2. The Hall–Kier alpha value is -2.96. The third-order valence-corrected chi connectivity index (χ3v) is 11.5. The molecule has 6 heterocycles. The number of rotatable bonds is 7. The number of ether oxygens (including phenoxy) is 1. The Balaban J connectivity index is 1.01. The second-order valence-electron chi connectivity index (χ2n) is 11.6. The number of fused-ring (bicyclic) bond motifs is 1. The van der Waals surface area contributed by atoms with Crippen molar-refractivity contribution in [2.24, 2.45) is 5.41 Å². The molecular weight excluding hydrogens is 597 g/mol. The van der Waals surface area contributed by atoms with Crippen LogP contribution in [0.5, 0.6) is 5.75 Å². The summed E-state index contributed by atoms with van der Waals surface area (Å²) in [6, 6.07) is 9.77. The lowest BCUT2D eigenvalue weighted by atomic mass is 9.74. The maximum absolute atomic E-state index is 13.0. The van der Waals surface area contributed by atoms with Crippen LogP contribution in [0.15, 0.2) is 48.9 Å². The Morgan fingerprint density at radius 3 is 2.45 bits per heavy atom. The molecule has 3 aromatic heterocycles. The largest absolute Gasteiger partial charge is 0.486 e. The maximum Gasteiger partial charge on any atom is 0.217 e. The van der Waals surface area contributed by atoms with Gasteiger partial charge >= 0.3 is 0 Å². The lowest BCUT2D eigenvalue weighted by Crippen LogP contribution is -2.73. The van der Waals surface area contributed by atoms with Crippen LogP contribution in [0.1, 0.15) is 31.4 Å². The average molecular weight is 629 g/mol. The van der Waals surface area contributed by atoms with E-state index in [0.717, 1.165) is 54.2 Å². The van der Waals surface area contributed by atoms with E-state index < -0.39 is 10.0 Å². The molecule has 3 aliphatic rings. The van der Waals surface area contributed by atoms with E-state index in [1.54, 1.807) is 16.7 Å². The van der Waals surface area contributed by atoms with E-state index >= 15 is 0 Å². The molecule has 0 unspecified atom stereocenters. The second-order valence-corrected chi connectivity index (χ2v) is 14.6. The fourth-order valence-electron chi connectivity index (χ4n) is 6.38. The lowest BCUT2D eigenvalue weighted by molar-refractivity contribution is 0.0379. The van der Waals surface area contributed by atoms with Crippen LogP contribution in [0.25, 0.3) is 22.2 Å². The molecule has 2 N–H and O–H groups in total. The van der Waals surface area contributed by atoms with E-state index in [9.17, 15) is 8.42 Å². The average Bonchev–Trinajstić information content (AvgIpc) is 3.35. The molecule has 3 saturated heterocycles. The molecule has 4 aromatic rings. The zero-order valence-corrected chi connectivity index (χ0v) is 25.4. The normalized spacial score (nSPS) is 19.9. The van der Waals surface area contributed by atoms with Gasteiger partial charge in [0.1, 0.15) is 23.4 Å². The van der Waals surface area contributed by atoms with Crippen LogP contribution in [-0.4, -0.2) is 77.4 Å². The number of nitrogens with zero attached hydrogens (tertiary/aromatic N) is 5. The fraction of sp³-hybridized carbons (Fsp3) is 0.414. The summed E-state index contributed by atoms with van der Waals surface area (Å²) in [5.74, 6) is 1.54. The number of pyridine rings is 2. The number of hydrogen-bond acceptors (Lipinski definition) is 8. The first-order valence-electron chi connectivity index (χ1n) is 14.1. The second kappa shape index (κ2) is 10.6. The predicted molar refractivity (Wildman–Crippen MR) is 164 cm³/mol. The molecule has 13 heteroatoms. The van der Waals surface area contributed by atoms with Gasteiger partial charge in [-0.25, -0.2) is 17.7 Å². The third kappa shape index (κ3) is 4.90. The highest BCUT2D eigenvalue weighted by Crippen LogP contribution is 2.44. The highest BCUT2D eigenvalue weighted by molar-refractivity contribution is 7.89. The summed E-state index contributed by atoms with van der Waals surface area (Å²) in [5.41, 5.74) is 3.27. The van der Waals surface area contributed by atoms with Gasteiger partial charge in [0, 0.05) is 66.7 Å². The van der Waals surface area contributed by atoms with Gasteiger partial charge in [-0.05, 0) is 63.2 Å². The minimum atomic E-state index is -3.21. The number of benzene rings is 1. The number of aromatic amines is 1. The van der Waals surface area contributed by atoms with E-state index in [1.807, 2.05) is 43.5 Å². The van der Waals surface area contributed by atoms with E-state index in [2.05, 4.69) is 25.4 Å². The van der Waals surface area contributed by atoms with Gasteiger partial charge in [-0.15, -0.1) is 0 Å². The zero-order chi connectivity index (χ0) is 29.1. The Bertz CT molecular complexity index is 1710. The predicted octanol–water partition coefficient (Wildman–Crippen LogP) is 4.67. The van der Waals surface area contributed by atoms with E-state index in [1.165, 1.54) is 0 Å². The SMILES string of the molecule is C[C@@H](Oc1ccc2[nH]nc(-c3ccc(N4CC5(C4)CN(S(=O)(=O)C4CCNCC4)C5)nc3)c2c1)c1c(Cl)cncc1Cl. The van der Waals surface area contributed by atoms with Crippen LogP contribution < -0.4 is 15.0 Å².